The molecule has 3 aromatic rings. The van der Waals surface area contributed by atoms with Crippen LogP contribution in [-0.2, 0) is 6.61 Å². The highest BCUT2D eigenvalue weighted by Crippen LogP contribution is 2.24. The SMILES string of the molecule is CC(C)CC(NC(=O)c1cccc(COc2cccc(C#N)c2)c1)c1cc(F)cc(F)c1. The molecular formula is C26H24F2N2O2. The number of carbonyl (C=O) groups is 1. The van der Waals surface area contributed by atoms with E-state index < -0.39 is 17.7 Å². The van der Waals surface area contributed by atoms with Crippen molar-refractivity contribution in [3.05, 3.63) is 101 Å². The Balaban J connectivity index is 1.73. The molecule has 0 aromatic heterocycles. The van der Waals surface area contributed by atoms with Crippen molar-refractivity contribution in [3.8, 4) is 11.8 Å². The quantitative estimate of drug-likeness (QED) is 0.478. The Hall–Kier alpha value is -3.72. The highest BCUT2D eigenvalue weighted by Gasteiger charge is 2.19. The maximum Gasteiger partial charge on any atom is 0.251 e. The van der Waals surface area contributed by atoms with E-state index in [1.807, 2.05) is 19.9 Å². The third kappa shape index (κ3) is 6.39. The van der Waals surface area contributed by atoms with Gasteiger partial charge in [-0.1, -0.05) is 32.0 Å². The van der Waals surface area contributed by atoms with Crippen LogP contribution in [0.5, 0.6) is 5.75 Å². The molecule has 3 aromatic carbocycles. The van der Waals surface area contributed by atoms with Crippen molar-refractivity contribution < 1.29 is 18.3 Å². The van der Waals surface area contributed by atoms with E-state index >= 15 is 0 Å². The molecule has 1 unspecified atom stereocenters. The van der Waals surface area contributed by atoms with Crippen LogP contribution in [0.15, 0.2) is 66.7 Å². The fraction of sp³-hybridized carbons (Fsp3) is 0.231. The Morgan fingerprint density at radius 3 is 2.44 bits per heavy atom. The molecule has 0 heterocycles. The third-order valence-electron chi connectivity index (χ3n) is 4.86. The summed E-state index contributed by atoms with van der Waals surface area (Å²) in [4.78, 5) is 12.9. The van der Waals surface area contributed by atoms with Crippen LogP contribution in [0.3, 0.4) is 0 Å². The largest absolute Gasteiger partial charge is 0.489 e. The first kappa shape index (κ1) is 23.0. The molecule has 0 aliphatic heterocycles. The molecule has 0 bridgehead atoms. The Morgan fingerprint density at radius 1 is 1.03 bits per heavy atom. The summed E-state index contributed by atoms with van der Waals surface area (Å²) in [5.74, 6) is -0.932. The van der Waals surface area contributed by atoms with Gasteiger partial charge in [0.2, 0.25) is 0 Å². The van der Waals surface area contributed by atoms with Crippen LogP contribution in [0.4, 0.5) is 8.78 Å². The molecule has 0 saturated carbocycles. The second-order valence-electron chi connectivity index (χ2n) is 7.99. The van der Waals surface area contributed by atoms with Crippen molar-refractivity contribution >= 4 is 5.91 Å². The van der Waals surface area contributed by atoms with E-state index in [-0.39, 0.29) is 18.4 Å². The number of nitrogens with one attached hydrogen (secondary N) is 1. The first-order chi connectivity index (χ1) is 15.3. The average Bonchev–Trinajstić information content (AvgIpc) is 2.76. The summed E-state index contributed by atoms with van der Waals surface area (Å²) in [6.45, 7) is 4.18. The molecular weight excluding hydrogens is 410 g/mol. The second-order valence-corrected chi connectivity index (χ2v) is 7.99. The smallest absolute Gasteiger partial charge is 0.251 e. The lowest BCUT2D eigenvalue weighted by Gasteiger charge is -2.21. The Bertz CT molecular complexity index is 1120. The number of nitriles is 1. The van der Waals surface area contributed by atoms with Crippen LogP contribution < -0.4 is 10.1 Å². The minimum atomic E-state index is -0.678. The Labute approximate surface area is 186 Å². The van der Waals surface area contributed by atoms with Crippen molar-refractivity contribution in [2.75, 3.05) is 0 Å². The van der Waals surface area contributed by atoms with Crippen molar-refractivity contribution in [1.29, 1.82) is 5.26 Å². The summed E-state index contributed by atoms with van der Waals surface area (Å²) in [6, 6.07) is 18.6. The molecule has 0 fully saturated rings. The molecule has 3 rings (SSSR count). The lowest BCUT2D eigenvalue weighted by molar-refractivity contribution is 0.0931. The molecule has 0 aliphatic rings. The van der Waals surface area contributed by atoms with Crippen molar-refractivity contribution in [2.24, 2.45) is 5.92 Å². The number of benzene rings is 3. The summed E-state index contributed by atoms with van der Waals surface area (Å²) in [5, 5.41) is 11.9. The van der Waals surface area contributed by atoms with Gasteiger partial charge in [-0.3, -0.25) is 4.79 Å². The van der Waals surface area contributed by atoms with E-state index in [1.54, 1.807) is 42.5 Å². The summed E-state index contributed by atoms with van der Waals surface area (Å²) < 4.78 is 33.2. The number of halogens is 2. The van der Waals surface area contributed by atoms with Crippen LogP contribution >= 0.6 is 0 Å². The predicted molar refractivity (Wildman–Crippen MR) is 118 cm³/mol. The zero-order valence-corrected chi connectivity index (χ0v) is 17.9. The zero-order chi connectivity index (χ0) is 23.1. The van der Waals surface area contributed by atoms with Gasteiger partial charge >= 0.3 is 0 Å². The van der Waals surface area contributed by atoms with E-state index in [0.29, 0.717) is 28.9 Å². The lowest BCUT2D eigenvalue weighted by Crippen LogP contribution is -2.29. The number of hydrogen-bond donors (Lipinski definition) is 1. The van der Waals surface area contributed by atoms with Gasteiger partial charge < -0.3 is 10.1 Å². The summed E-state index contributed by atoms with van der Waals surface area (Å²) in [5.41, 5.74) is 2.08. The number of hydrogen-bond acceptors (Lipinski definition) is 3. The molecule has 1 amide bonds. The van der Waals surface area contributed by atoms with Gasteiger partial charge in [0.1, 0.15) is 24.0 Å². The summed E-state index contributed by atoms with van der Waals surface area (Å²) in [7, 11) is 0. The minimum Gasteiger partial charge on any atom is -0.489 e. The number of ether oxygens (including phenoxy) is 1. The molecule has 1 N–H and O–H groups in total. The lowest BCUT2D eigenvalue weighted by atomic mass is 9.96. The number of amides is 1. The normalized spacial score (nSPS) is 11.6. The standard InChI is InChI=1S/C26H24F2N2O2/c1-17(2)9-25(21-12-22(27)14-23(28)13-21)30-26(31)20-7-3-6-19(10-20)16-32-24-8-4-5-18(11-24)15-29/h3-8,10-14,17,25H,9,16H2,1-2H3,(H,30,31). The molecule has 164 valence electrons. The van der Waals surface area contributed by atoms with Crippen LogP contribution in [0.1, 0.15) is 53.4 Å². The highest BCUT2D eigenvalue weighted by molar-refractivity contribution is 5.94. The molecule has 0 aliphatic carbocycles. The van der Waals surface area contributed by atoms with Gasteiger partial charge in [0.05, 0.1) is 17.7 Å². The van der Waals surface area contributed by atoms with Gasteiger partial charge in [-0.15, -0.1) is 0 Å². The fourth-order valence-electron chi connectivity index (χ4n) is 3.39. The van der Waals surface area contributed by atoms with Crippen molar-refractivity contribution in [3.63, 3.8) is 0 Å². The molecule has 0 radical (unpaired) electrons. The molecule has 1 atom stereocenters. The maximum atomic E-state index is 13.7. The first-order valence-electron chi connectivity index (χ1n) is 10.3. The highest BCUT2D eigenvalue weighted by atomic mass is 19.1. The van der Waals surface area contributed by atoms with Crippen LogP contribution in [0.2, 0.25) is 0 Å². The Morgan fingerprint density at radius 2 is 1.75 bits per heavy atom. The Kier molecular flexibility index (Phi) is 7.56. The molecule has 32 heavy (non-hydrogen) atoms. The van der Waals surface area contributed by atoms with Crippen LogP contribution in [0.25, 0.3) is 0 Å². The monoisotopic (exact) mass is 434 g/mol. The summed E-state index contributed by atoms with van der Waals surface area (Å²) in [6.07, 6.45) is 0.534. The molecule has 0 spiro atoms. The van der Waals surface area contributed by atoms with Gasteiger partial charge in [0.25, 0.3) is 5.91 Å². The fourth-order valence-corrected chi connectivity index (χ4v) is 3.39. The van der Waals surface area contributed by atoms with E-state index in [2.05, 4.69) is 11.4 Å². The average molecular weight is 434 g/mol. The minimum absolute atomic E-state index is 0.204. The third-order valence-corrected chi connectivity index (χ3v) is 4.86. The predicted octanol–water partition coefficient (Wildman–Crippen LogP) is 5.93. The molecule has 0 saturated heterocycles. The number of carbonyl (C=O) groups excluding carboxylic acids is 1. The van der Waals surface area contributed by atoms with Crippen molar-refractivity contribution in [1.82, 2.24) is 5.32 Å². The number of rotatable bonds is 8. The van der Waals surface area contributed by atoms with E-state index in [0.717, 1.165) is 11.6 Å². The van der Waals surface area contributed by atoms with E-state index in [9.17, 15) is 13.6 Å². The molecule has 4 nitrogen and oxygen atoms in total. The molecule has 6 heteroatoms. The van der Waals surface area contributed by atoms with Gasteiger partial charge in [0.15, 0.2) is 0 Å². The van der Waals surface area contributed by atoms with Gasteiger partial charge in [-0.05, 0) is 65.9 Å². The van der Waals surface area contributed by atoms with Crippen LogP contribution in [0, 0.1) is 28.9 Å². The van der Waals surface area contributed by atoms with Crippen molar-refractivity contribution in [2.45, 2.75) is 32.9 Å². The van der Waals surface area contributed by atoms with Gasteiger partial charge in [0, 0.05) is 11.6 Å². The zero-order valence-electron chi connectivity index (χ0n) is 17.9. The van der Waals surface area contributed by atoms with E-state index in [4.69, 9.17) is 10.00 Å². The number of nitrogens with zero attached hydrogens (tertiary/aromatic N) is 1. The first-order valence-corrected chi connectivity index (χ1v) is 10.3. The van der Waals surface area contributed by atoms with Gasteiger partial charge in [-0.25, -0.2) is 8.78 Å². The maximum absolute atomic E-state index is 13.7. The summed E-state index contributed by atoms with van der Waals surface area (Å²) >= 11 is 0. The van der Waals surface area contributed by atoms with E-state index in [1.165, 1.54) is 12.1 Å². The second kappa shape index (κ2) is 10.5. The van der Waals surface area contributed by atoms with Crippen LogP contribution in [-0.4, -0.2) is 5.91 Å². The topological polar surface area (TPSA) is 62.1 Å². The van der Waals surface area contributed by atoms with Gasteiger partial charge in [-0.2, -0.15) is 5.26 Å².